The molecule has 1 N–H and O–H groups in total. The monoisotopic (exact) mass is 535 g/mol. The summed E-state index contributed by atoms with van der Waals surface area (Å²) in [6.45, 7) is 9.16. The molecule has 0 radical (unpaired) electrons. The maximum absolute atomic E-state index is 14.0. The predicted octanol–water partition coefficient (Wildman–Crippen LogP) is 4.67. The molecule has 2 amide bonds. The highest BCUT2D eigenvalue weighted by atomic mass is 32.2. The Morgan fingerprint density at radius 1 is 0.868 bits per heavy atom. The van der Waals surface area contributed by atoms with E-state index in [1.54, 1.807) is 36.4 Å². The number of hydrogen-bond acceptors (Lipinski definition) is 4. The van der Waals surface area contributed by atoms with Gasteiger partial charge < -0.3 is 10.2 Å². The van der Waals surface area contributed by atoms with Gasteiger partial charge in [-0.05, 0) is 74.6 Å². The summed E-state index contributed by atoms with van der Waals surface area (Å²) in [4.78, 5) is 28.5. The summed E-state index contributed by atoms with van der Waals surface area (Å²) in [5.74, 6) is -0.755. The number of aryl methyl sites for hydroxylation is 3. The van der Waals surface area contributed by atoms with E-state index in [-0.39, 0.29) is 17.3 Å². The van der Waals surface area contributed by atoms with E-state index < -0.39 is 28.5 Å². The Balaban J connectivity index is 2.12. The first-order valence-corrected chi connectivity index (χ1v) is 14.2. The number of hydrogen-bond donors (Lipinski definition) is 1. The fraction of sp³-hybridized carbons (Fsp3) is 0.333. The molecular weight excluding hydrogens is 498 g/mol. The van der Waals surface area contributed by atoms with Gasteiger partial charge in [0.05, 0.1) is 10.6 Å². The second-order valence-corrected chi connectivity index (χ2v) is 11.4. The number of nitrogens with zero attached hydrogens (tertiary/aromatic N) is 2. The lowest BCUT2D eigenvalue weighted by atomic mass is 10.1. The molecule has 0 aliphatic carbocycles. The number of nitrogens with one attached hydrogen (secondary N) is 1. The van der Waals surface area contributed by atoms with Crippen LogP contribution < -0.4 is 9.62 Å². The minimum absolute atomic E-state index is 0.0978. The number of anilines is 1. The van der Waals surface area contributed by atoms with Gasteiger partial charge in [-0.3, -0.25) is 13.9 Å². The standard InChI is InChI=1S/C30H37N3O4S/c1-7-27(30(35)31-6)32(19-25-13-9-8-11-23(25)4)29(34)20-33(28-14-10-12-22(3)24(28)5)38(36,37)26-17-15-21(2)16-18-26/h8-18,27H,7,19-20H2,1-6H3,(H,31,35)/t27-/m1/s1. The average Bonchev–Trinajstić information content (AvgIpc) is 2.89. The zero-order chi connectivity index (χ0) is 28.0. The van der Waals surface area contributed by atoms with Crippen molar-refractivity contribution < 1.29 is 18.0 Å². The maximum atomic E-state index is 14.0. The molecule has 0 saturated heterocycles. The van der Waals surface area contributed by atoms with Gasteiger partial charge in [0.25, 0.3) is 10.0 Å². The second kappa shape index (κ2) is 12.3. The molecule has 0 spiro atoms. The highest BCUT2D eigenvalue weighted by Crippen LogP contribution is 2.29. The van der Waals surface area contributed by atoms with Crippen molar-refractivity contribution in [2.75, 3.05) is 17.9 Å². The van der Waals surface area contributed by atoms with Gasteiger partial charge in [-0.2, -0.15) is 0 Å². The Hall–Kier alpha value is -3.65. The predicted molar refractivity (Wildman–Crippen MR) is 152 cm³/mol. The van der Waals surface area contributed by atoms with Crippen molar-refractivity contribution in [1.82, 2.24) is 10.2 Å². The first-order valence-electron chi connectivity index (χ1n) is 12.7. The van der Waals surface area contributed by atoms with Crippen molar-refractivity contribution >= 4 is 27.5 Å². The van der Waals surface area contributed by atoms with Gasteiger partial charge >= 0.3 is 0 Å². The summed E-state index contributed by atoms with van der Waals surface area (Å²) < 4.78 is 29.1. The van der Waals surface area contributed by atoms with Crippen molar-refractivity contribution in [2.45, 2.75) is 58.5 Å². The van der Waals surface area contributed by atoms with E-state index in [1.807, 2.05) is 65.0 Å². The summed E-state index contributed by atoms with van der Waals surface area (Å²) in [5.41, 5.74) is 4.91. The van der Waals surface area contributed by atoms with E-state index in [9.17, 15) is 18.0 Å². The Bertz CT molecular complexity index is 1400. The third-order valence-electron chi connectivity index (χ3n) is 6.97. The van der Waals surface area contributed by atoms with Crippen LogP contribution in [-0.2, 0) is 26.2 Å². The number of amides is 2. The van der Waals surface area contributed by atoms with E-state index in [0.717, 1.165) is 27.8 Å². The van der Waals surface area contributed by atoms with Crippen LogP contribution in [0, 0.1) is 27.7 Å². The second-order valence-electron chi connectivity index (χ2n) is 9.53. The van der Waals surface area contributed by atoms with Crippen LogP contribution in [0.1, 0.15) is 41.2 Å². The van der Waals surface area contributed by atoms with Crippen molar-refractivity contribution in [3.63, 3.8) is 0 Å². The van der Waals surface area contributed by atoms with Crippen LogP contribution in [0.25, 0.3) is 0 Å². The van der Waals surface area contributed by atoms with Crippen molar-refractivity contribution in [2.24, 2.45) is 0 Å². The lowest BCUT2D eigenvalue weighted by Crippen LogP contribution is -2.52. The van der Waals surface area contributed by atoms with Gasteiger partial charge in [-0.1, -0.05) is 61.0 Å². The largest absolute Gasteiger partial charge is 0.357 e. The van der Waals surface area contributed by atoms with Crippen LogP contribution >= 0.6 is 0 Å². The van der Waals surface area contributed by atoms with E-state index in [0.29, 0.717) is 12.1 Å². The summed E-state index contributed by atoms with van der Waals surface area (Å²) in [6.07, 6.45) is 0.380. The first kappa shape index (κ1) is 28.9. The van der Waals surface area contributed by atoms with E-state index >= 15 is 0 Å². The van der Waals surface area contributed by atoms with Gasteiger partial charge in [0.2, 0.25) is 11.8 Å². The number of likely N-dealkylation sites (N-methyl/N-ethyl adjacent to an activating group) is 1. The summed E-state index contributed by atoms with van der Waals surface area (Å²) in [6, 6.07) is 18.9. The van der Waals surface area contributed by atoms with Crippen molar-refractivity contribution in [3.8, 4) is 0 Å². The Labute approximate surface area is 226 Å². The zero-order valence-electron chi connectivity index (χ0n) is 23.0. The number of benzene rings is 3. The van der Waals surface area contributed by atoms with Crippen LogP contribution in [0.4, 0.5) is 5.69 Å². The Kier molecular flexibility index (Phi) is 9.33. The topological polar surface area (TPSA) is 86.8 Å². The van der Waals surface area contributed by atoms with E-state index in [4.69, 9.17) is 0 Å². The lowest BCUT2D eigenvalue weighted by molar-refractivity contribution is -0.140. The molecule has 0 aliphatic heterocycles. The van der Waals surface area contributed by atoms with E-state index in [2.05, 4.69) is 5.32 Å². The smallest absolute Gasteiger partial charge is 0.264 e. The summed E-state index contributed by atoms with van der Waals surface area (Å²) >= 11 is 0. The van der Waals surface area contributed by atoms with E-state index in [1.165, 1.54) is 16.3 Å². The summed E-state index contributed by atoms with van der Waals surface area (Å²) in [7, 11) is -2.56. The molecule has 3 rings (SSSR count). The van der Waals surface area contributed by atoms with Gasteiger partial charge in [0, 0.05) is 13.6 Å². The Morgan fingerprint density at radius 3 is 2.11 bits per heavy atom. The lowest BCUT2D eigenvalue weighted by Gasteiger charge is -2.33. The third kappa shape index (κ3) is 6.25. The number of carbonyl (C=O) groups excluding carboxylic acids is 2. The minimum Gasteiger partial charge on any atom is -0.357 e. The number of sulfonamides is 1. The Morgan fingerprint density at radius 2 is 1.50 bits per heavy atom. The molecule has 0 bridgehead atoms. The normalized spacial score (nSPS) is 12.1. The highest BCUT2D eigenvalue weighted by Gasteiger charge is 2.34. The fourth-order valence-electron chi connectivity index (χ4n) is 4.41. The van der Waals surface area contributed by atoms with Crippen molar-refractivity contribution in [3.05, 3.63) is 94.5 Å². The van der Waals surface area contributed by atoms with Gasteiger partial charge in [0.15, 0.2) is 0 Å². The van der Waals surface area contributed by atoms with Gasteiger partial charge in [0.1, 0.15) is 12.6 Å². The highest BCUT2D eigenvalue weighted by molar-refractivity contribution is 7.92. The molecule has 0 unspecified atom stereocenters. The van der Waals surface area contributed by atoms with Crippen LogP contribution in [0.5, 0.6) is 0 Å². The number of carbonyl (C=O) groups is 2. The molecule has 38 heavy (non-hydrogen) atoms. The molecule has 0 aromatic heterocycles. The molecule has 0 fully saturated rings. The van der Waals surface area contributed by atoms with Crippen LogP contribution in [0.3, 0.4) is 0 Å². The zero-order valence-corrected chi connectivity index (χ0v) is 23.8. The maximum Gasteiger partial charge on any atom is 0.264 e. The SMILES string of the molecule is CC[C@H](C(=O)NC)N(Cc1ccccc1C)C(=O)CN(c1cccc(C)c1C)S(=O)(=O)c1ccc(C)cc1. The molecule has 0 heterocycles. The molecule has 3 aromatic carbocycles. The first-order chi connectivity index (χ1) is 18.0. The van der Waals surface area contributed by atoms with Crippen molar-refractivity contribution in [1.29, 1.82) is 0 Å². The van der Waals surface area contributed by atoms with Gasteiger partial charge in [-0.25, -0.2) is 8.42 Å². The number of rotatable bonds is 10. The summed E-state index contributed by atoms with van der Waals surface area (Å²) in [5, 5.41) is 2.65. The van der Waals surface area contributed by atoms with Crippen LogP contribution in [0.2, 0.25) is 0 Å². The average molecular weight is 536 g/mol. The molecule has 8 heteroatoms. The molecule has 7 nitrogen and oxygen atoms in total. The molecule has 0 aliphatic rings. The quantitative estimate of drug-likeness (QED) is 0.409. The third-order valence-corrected chi connectivity index (χ3v) is 8.74. The molecular formula is C30H37N3O4S. The minimum atomic E-state index is -4.09. The molecule has 202 valence electrons. The fourth-order valence-corrected chi connectivity index (χ4v) is 5.89. The van der Waals surface area contributed by atoms with Gasteiger partial charge in [-0.15, -0.1) is 0 Å². The van der Waals surface area contributed by atoms with Crippen LogP contribution in [-0.4, -0.2) is 44.8 Å². The molecule has 0 saturated carbocycles. The van der Waals surface area contributed by atoms with Crippen LogP contribution in [0.15, 0.2) is 71.6 Å². The molecule has 3 aromatic rings. The molecule has 1 atom stereocenters.